The number of nitrogens with zero attached hydrogens (tertiary/aromatic N) is 1. The highest BCUT2D eigenvalue weighted by molar-refractivity contribution is 7.91. The van der Waals surface area contributed by atoms with E-state index in [0.717, 1.165) is 11.1 Å². The molecule has 1 heterocycles. The molecule has 1 aliphatic heterocycles. The lowest BCUT2D eigenvalue weighted by Gasteiger charge is -2.27. The Hall–Kier alpha value is -2.62. The van der Waals surface area contributed by atoms with Crippen LogP contribution in [0.5, 0.6) is 0 Å². The molecule has 1 fully saturated rings. The van der Waals surface area contributed by atoms with Crippen molar-refractivity contribution in [1.82, 2.24) is 10.2 Å². The average Bonchev–Trinajstić information content (AvgIpc) is 3.08. The summed E-state index contributed by atoms with van der Waals surface area (Å²) in [4.78, 5) is 14.6. The Morgan fingerprint density at radius 2 is 1.79 bits per heavy atom. The van der Waals surface area contributed by atoms with Crippen LogP contribution in [0.2, 0.25) is 0 Å². The summed E-state index contributed by atoms with van der Waals surface area (Å²) in [6.45, 7) is 0.338. The first-order valence-corrected chi connectivity index (χ1v) is 11.5. The Morgan fingerprint density at radius 1 is 1.14 bits per heavy atom. The molecule has 29 heavy (non-hydrogen) atoms. The van der Waals surface area contributed by atoms with Crippen LogP contribution >= 0.6 is 0 Å². The largest absolute Gasteiger partial charge is 0.348 e. The molecule has 1 N–H and O–H groups in total. The molecule has 6 heteroatoms. The quantitative estimate of drug-likeness (QED) is 0.678. The first kappa shape index (κ1) is 21.1. The van der Waals surface area contributed by atoms with E-state index >= 15 is 0 Å². The van der Waals surface area contributed by atoms with E-state index in [-0.39, 0.29) is 42.6 Å². The van der Waals surface area contributed by atoms with Gasteiger partial charge >= 0.3 is 0 Å². The third kappa shape index (κ3) is 6.18. The van der Waals surface area contributed by atoms with Crippen molar-refractivity contribution in [2.24, 2.45) is 0 Å². The minimum Gasteiger partial charge on any atom is -0.348 e. The Kier molecular flexibility index (Phi) is 7.08. The predicted molar refractivity (Wildman–Crippen MR) is 115 cm³/mol. The Morgan fingerprint density at radius 3 is 2.38 bits per heavy atom. The first-order chi connectivity index (χ1) is 14.0. The topological polar surface area (TPSA) is 66.5 Å². The molecule has 0 aliphatic carbocycles. The molecule has 5 nitrogen and oxygen atoms in total. The summed E-state index contributed by atoms with van der Waals surface area (Å²) in [7, 11) is -3.04. The molecule has 152 valence electrons. The third-order valence-corrected chi connectivity index (χ3v) is 6.94. The summed E-state index contributed by atoms with van der Waals surface area (Å²) in [6, 6.07) is 19.5. The monoisotopic (exact) mass is 410 g/mol. The second-order valence-corrected chi connectivity index (χ2v) is 9.62. The zero-order chi connectivity index (χ0) is 20.7. The highest BCUT2D eigenvalue weighted by Crippen LogP contribution is 2.20. The van der Waals surface area contributed by atoms with Crippen molar-refractivity contribution in [3.8, 4) is 12.3 Å². The summed E-state index contributed by atoms with van der Waals surface area (Å²) in [5.74, 6) is 2.61. The number of sulfone groups is 1. The first-order valence-electron chi connectivity index (χ1n) is 9.73. The fourth-order valence-corrected chi connectivity index (χ4v) is 5.47. The predicted octanol–water partition coefficient (Wildman–Crippen LogP) is 2.21. The Bertz CT molecular complexity index is 953. The summed E-state index contributed by atoms with van der Waals surface area (Å²) in [5.41, 5.74) is 2.15. The molecule has 2 unspecified atom stereocenters. The number of hydrogen-bond donors (Lipinski definition) is 1. The SMILES string of the molecule is C#CCN(CC(=O)NC(Cc1ccccc1)c1ccccc1)C1CCS(=O)(=O)C1. The summed E-state index contributed by atoms with van der Waals surface area (Å²) in [6.07, 6.45) is 6.65. The Labute approximate surface area is 173 Å². The molecule has 0 spiro atoms. The number of terminal acetylenes is 1. The minimum atomic E-state index is -3.04. The van der Waals surface area contributed by atoms with Crippen molar-refractivity contribution in [1.29, 1.82) is 0 Å². The van der Waals surface area contributed by atoms with Gasteiger partial charge in [-0.05, 0) is 24.0 Å². The number of hydrogen-bond acceptors (Lipinski definition) is 4. The molecule has 1 saturated heterocycles. The lowest BCUT2D eigenvalue weighted by molar-refractivity contribution is -0.123. The van der Waals surface area contributed by atoms with Gasteiger partial charge < -0.3 is 5.32 Å². The van der Waals surface area contributed by atoms with E-state index in [9.17, 15) is 13.2 Å². The van der Waals surface area contributed by atoms with Gasteiger partial charge in [0.1, 0.15) is 0 Å². The van der Waals surface area contributed by atoms with Crippen LogP contribution in [0.25, 0.3) is 0 Å². The highest BCUT2D eigenvalue weighted by Gasteiger charge is 2.33. The van der Waals surface area contributed by atoms with Crippen LogP contribution in [0.1, 0.15) is 23.6 Å². The average molecular weight is 411 g/mol. The van der Waals surface area contributed by atoms with Crippen LogP contribution in [0.4, 0.5) is 0 Å². The molecule has 2 aromatic rings. The maximum Gasteiger partial charge on any atom is 0.234 e. The lowest BCUT2D eigenvalue weighted by atomic mass is 9.99. The molecule has 0 saturated carbocycles. The van der Waals surface area contributed by atoms with Gasteiger partial charge in [0.2, 0.25) is 5.91 Å². The number of amides is 1. The molecule has 3 rings (SSSR count). The molecule has 0 aromatic heterocycles. The van der Waals surface area contributed by atoms with Gasteiger partial charge in [-0.3, -0.25) is 9.69 Å². The van der Waals surface area contributed by atoms with Gasteiger partial charge in [-0.25, -0.2) is 8.42 Å². The molecule has 0 radical (unpaired) electrons. The van der Waals surface area contributed by atoms with E-state index in [4.69, 9.17) is 6.42 Å². The third-order valence-electron chi connectivity index (χ3n) is 5.19. The number of rotatable bonds is 8. The van der Waals surface area contributed by atoms with Crippen LogP contribution in [0, 0.1) is 12.3 Å². The normalized spacial score (nSPS) is 18.8. The smallest absolute Gasteiger partial charge is 0.234 e. The highest BCUT2D eigenvalue weighted by atomic mass is 32.2. The zero-order valence-corrected chi connectivity index (χ0v) is 17.1. The van der Waals surface area contributed by atoms with Gasteiger partial charge in [-0.2, -0.15) is 0 Å². The molecule has 0 bridgehead atoms. The molecular weight excluding hydrogens is 384 g/mol. The van der Waals surface area contributed by atoms with Crippen molar-refractivity contribution in [3.63, 3.8) is 0 Å². The Balaban J connectivity index is 1.70. The van der Waals surface area contributed by atoms with Gasteiger partial charge in [0.15, 0.2) is 9.84 Å². The number of nitrogens with one attached hydrogen (secondary N) is 1. The van der Waals surface area contributed by atoms with Gasteiger partial charge in [0.05, 0.1) is 30.6 Å². The number of carbonyl (C=O) groups is 1. The van der Waals surface area contributed by atoms with Crippen LogP contribution in [0.15, 0.2) is 60.7 Å². The van der Waals surface area contributed by atoms with Gasteiger partial charge in [0.25, 0.3) is 0 Å². The minimum absolute atomic E-state index is 0.0636. The fraction of sp³-hybridized carbons (Fsp3) is 0.348. The maximum absolute atomic E-state index is 12.8. The number of carbonyl (C=O) groups excluding carboxylic acids is 1. The lowest BCUT2D eigenvalue weighted by Crippen LogP contribution is -2.44. The second-order valence-electron chi connectivity index (χ2n) is 7.39. The standard InChI is InChI=1S/C23H26N2O3S/c1-2-14-25(21-13-15-29(27,28)18-21)17-23(26)24-22(20-11-7-4-8-12-20)16-19-9-5-3-6-10-19/h1,3-12,21-22H,13-18H2,(H,24,26). The molecular formula is C23H26N2O3S. The van der Waals surface area contributed by atoms with Crippen molar-refractivity contribution in [3.05, 3.63) is 71.8 Å². The van der Waals surface area contributed by atoms with E-state index in [1.165, 1.54) is 0 Å². The molecule has 1 amide bonds. The van der Waals surface area contributed by atoms with E-state index < -0.39 is 9.84 Å². The summed E-state index contributed by atoms with van der Waals surface area (Å²) < 4.78 is 23.6. The van der Waals surface area contributed by atoms with Gasteiger partial charge in [-0.15, -0.1) is 6.42 Å². The zero-order valence-electron chi connectivity index (χ0n) is 16.3. The van der Waals surface area contributed by atoms with E-state index in [0.29, 0.717) is 12.8 Å². The number of benzene rings is 2. The van der Waals surface area contributed by atoms with E-state index in [2.05, 4.69) is 11.2 Å². The molecule has 2 aromatic carbocycles. The molecule has 1 aliphatic rings. The van der Waals surface area contributed by atoms with Crippen LogP contribution in [-0.2, 0) is 21.1 Å². The van der Waals surface area contributed by atoms with E-state index in [1.54, 1.807) is 4.90 Å². The van der Waals surface area contributed by atoms with Gasteiger partial charge in [0, 0.05) is 6.04 Å². The van der Waals surface area contributed by atoms with Crippen molar-refractivity contribution in [2.75, 3.05) is 24.6 Å². The van der Waals surface area contributed by atoms with Gasteiger partial charge in [-0.1, -0.05) is 66.6 Å². The maximum atomic E-state index is 12.8. The summed E-state index contributed by atoms with van der Waals surface area (Å²) >= 11 is 0. The van der Waals surface area contributed by atoms with E-state index in [1.807, 2.05) is 60.7 Å². The van der Waals surface area contributed by atoms with Crippen molar-refractivity contribution in [2.45, 2.75) is 24.9 Å². The second kappa shape index (κ2) is 9.73. The molecule has 2 atom stereocenters. The van der Waals surface area contributed by atoms with Crippen LogP contribution in [-0.4, -0.2) is 49.9 Å². The van der Waals surface area contributed by atoms with Crippen LogP contribution < -0.4 is 5.32 Å². The van der Waals surface area contributed by atoms with Crippen LogP contribution in [0.3, 0.4) is 0 Å². The summed E-state index contributed by atoms with van der Waals surface area (Å²) in [5, 5.41) is 3.12. The van der Waals surface area contributed by atoms with Crippen molar-refractivity contribution >= 4 is 15.7 Å². The van der Waals surface area contributed by atoms with Crippen molar-refractivity contribution < 1.29 is 13.2 Å². The fourth-order valence-electron chi connectivity index (χ4n) is 3.71.